The molecule has 0 heterocycles. The van der Waals surface area contributed by atoms with E-state index in [0.29, 0.717) is 6.04 Å². The molecule has 4 saturated carbocycles. The van der Waals surface area contributed by atoms with Gasteiger partial charge in [-0.2, -0.15) is 0 Å². The summed E-state index contributed by atoms with van der Waals surface area (Å²) in [7, 11) is 0. The summed E-state index contributed by atoms with van der Waals surface area (Å²) in [5, 5.41) is 3.30. The summed E-state index contributed by atoms with van der Waals surface area (Å²) in [6.45, 7) is 6.11. The smallest absolute Gasteiger partial charge is 0.237 e. The third-order valence-electron chi connectivity index (χ3n) is 5.75. The van der Waals surface area contributed by atoms with Gasteiger partial charge in [-0.05, 0) is 61.2 Å². The van der Waals surface area contributed by atoms with Gasteiger partial charge in [0.2, 0.25) is 5.91 Å². The van der Waals surface area contributed by atoms with Crippen molar-refractivity contribution in [2.24, 2.45) is 34.8 Å². The molecule has 1 amide bonds. The summed E-state index contributed by atoms with van der Waals surface area (Å²) in [6, 6.07) is 0.0124. The maximum atomic E-state index is 12.3. The van der Waals surface area contributed by atoms with Crippen LogP contribution in [0.2, 0.25) is 0 Å². The highest BCUT2D eigenvalue weighted by atomic mass is 16.2. The minimum Gasteiger partial charge on any atom is -0.351 e. The number of hydrogen-bond donors (Lipinski definition) is 2. The SMILES string of the molecule is CC(C)(C)[C@@H](N)C(=O)NC1C2CC3CC(C2)CC1C3. The molecule has 3 N–H and O–H groups in total. The van der Waals surface area contributed by atoms with Gasteiger partial charge < -0.3 is 11.1 Å². The number of nitrogens with one attached hydrogen (secondary N) is 1. The van der Waals surface area contributed by atoms with Gasteiger partial charge in [-0.25, -0.2) is 0 Å². The quantitative estimate of drug-likeness (QED) is 0.804. The standard InChI is InChI=1S/C16H28N2O/c1-16(2,3)14(17)15(19)18-13-11-5-9-4-10(7-11)8-12(13)6-9/h9-14H,4-8,17H2,1-3H3,(H,18,19)/t9?,10?,11?,12?,13?,14-/m0/s1. The summed E-state index contributed by atoms with van der Waals surface area (Å²) in [5.74, 6) is 3.42. The molecule has 3 nitrogen and oxygen atoms in total. The van der Waals surface area contributed by atoms with E-state index >= 15 is 0 Å². The Kier molecular flexibility index (Phi) is 3.16. The lowest BCUT2D eigenvalue weighted by atomic mass is 9.54. The highest BCUT2D eigenvalue weighted by molar-refractivity contribution is 5.82. The van der Waals surface area contributed by atoms with Crippen molar-refractivity contribution >= 4 is 5.91 Å². The summed E-state index contributed by atoms with van der Waals surface area (Å²) in [6.07, 6.45) is 6.80. The lowest BCUT2D eigenvalue weighted by Crippen LogP contribution is -2.59. The van der Waals surface area contributed by atoms with E-state index in [4.69, 9.17) is 5.73 Å². The van der Waals surface area contributed by atoms with E-state index in [2.05, 4.69) is 5.32 Å². The highest BCUT2D eigenvalue weighted by Crippen LogP contribution is 2.53. The Labute approximate surface area is 116 Å². The zero-order valence-electron chi connectivity index (χ0n) is 12.5. The third-order valence-corrected chi connectivity index (χ3v) is 5.75. The largest absolute Gasteiger partial charge is 0.351 e. The van der Waals surface area contributed by atoms with E-state index < -0.39 is 6.04 Å². The van der Waals surface area contributed by atoms with Crippen LogP contribution in [0.3, 0.4) is 0 Å². The van der Waals surface area contributed by atoms with Crippen LogP contribution < -0.4 is 11.1 Å². The van der Waals surface area contributed by atoms with Crippen molar-refractivity contribution in [1.82, 2.24) is 5.32 Å². The van der Waals surface area contributed by atoms with Crippen LogP contribution in [0, 0.1) is 29.1 Å². The first kappa shape index (κ1) is 13.4. The van der Waals surface area contributed by atoms with Gasteiger partial charge in [0.25, 0.3) is 0 Å². The molecule has 4 fully saturated rings. The molecule has 0 aromatic heterocycles. The van der Waals surface area contributed by atoms with Crippen molar-refractivity contribution in [2.75, 3.05) is 0 Å². The predicted octanol–water partition coefficient (Wildman–Crippen LogP) is 2.30. The third kappa shape index (κ3) is 2.42. The van der Waals surface area contributed by atoms with Crippen LogP contribution in [0.15, 0.2) is 0 Å². The number of nitrogens with two attached hydrogens (primary N) is 1. The van der Waals surface area contributed by atoms with Crippen molar-refractivity contribution in [1.29, 1.82) is 0 Å². The van der Waals surface area contributed by atoms with Crippen molar-refractivity contribution in [3.05, 3.63) is 0 Å². The molecule has 4 bridgehead atoms. The van der Waals surface area contributed by atoms with Crippen molar-refractivity contribution < 1.29 is 4.79 Å². The Bertz CT molecular complexity index is 343. The van der Waals surface area contributed by atoms with E-state index in [1.165, 1.54) is 32.1 Å². The van der Waals surface area contributed by atoms with E-state index in [1.54, 1.807) is 0 Å². The van der Waals surface area contributed by atoms with Gasteiger partial charge in [0, 0.05) is 6.04 Å². The van der Waals surface area contributed by atoms with Crippen molar-refractivity contribution in [3.8, 4) is 0 Å². The molecule has 0 unspecified atom stereocenters. The van der Waals surface area contributed by atoms with Gasteiger partial charge in [0.05, 0.1) is 6.04 Å². The van der Waals surface area contributed by atoms with Gasteiger partial charge in [-0.3, -0.25) is 4.79 Å². The van der Waals surface area contributed by atoms with E-state index in [-0.39, 0.29) is 11.3 Å². The van der Waals surface area contributed by atoms with Gasteiger partial charge in [0.1, 0.15) is 0 Å². The fraction of sp³-hybridized carbons (Fsp3) is 0.938. The summed E-state index contributed by atoms with van der Waals surface area (Å²) < 4.78 is 0. The Morgan fingerprint density at radius 1 is 1.05 bits per heavy atom. The topological polar surface area (TPSA) is 55.1 Å². The molecule has 19 heavy (non-hydrogen) atoms. The average Bonchev–Trinajstić information content (AvgIpc) is 2.30. The molecule has 0 radical (unpaired) electrons. The molecule has 108 valence electrons. The van der Waals surface area contributed by atoms with E-state index in [9.17, 15) is 4.79 Å². The minimum atomic E-state index is -0.398. The molecule has 0 aromatic rings. The maximum absolute atomic E-state index is 12.3. The molecule has 0 spiro atoms. The minimum absolute atomic E-state index is 0.0602. The van der Waals surface area contributed by atoms with Crippen LogP contribution in [0.5, 0.6) is 0 Å². The second kappa shape index (κ2) is 4.47. The van der Waals surface area contributed by atoms with Crippen molar-refractivity contribution in [2.45, 2.75) is 65.0 Å². The monoisotopic (exact) mass is 264 g/mol. The lowest BCUT2D eigenvalue weighted by molar-refractivity contribution is -0.128. The number of rotatable bonds is 2. The molecule has 1 atom stereocenters. The molecular formula is C16H28N2O. The number of amides is 1. The summed E-state index contributed by atoms with van der Waals surface area (Å²) in [4.78, 5) is 12.3. The zero-order valence-corrected chi connectivity index (χ0v) is 12.5. The maximum Gasteiger partial charge on any atom is 0.237 e. The Balaban J connectivity index is 1.66. The second-order valence-electron chi connectivity index (χ2n) is 8.31. The number of carbonyl (C=O) groups is 1. The first-order valence-electron chi connectivity index (χ1n) is 7.90. The average molecular weight is 264 g/mol. The van der Waals surface area contributed by atoms with Gasteiger partial charge in [-0.15, -0.1) is 0 Å². The van der Waals surface area contributed by atoms with Gasteiger partial charge in [0.15, 0.2) is 0 Å². The second-order valence-corrected chi connectivity index (χ2v) is 8.31. The van der Waals surface area contributed by atoms with Crippen molar-refractivity contribution in [3.63, 3.8) is 0 Å². The summed E-state index contributed by atoms with van der Waals surface area (Å²) >= 11 is 0. The van der Waals surface area contributed by atoms with E-state index in [0.717, 1.165) is 23.7 Å². The van der Waals surface area contributed by atoms with Crippen LogP contribution in [0.4, 0.5) is 0 Å². The molecule has 4 aliphatic carbocycles. The summed E-state index contributed by atoms with van der Waals surface area (Å²) in [5.41, 5.74) is 5.93. The Morgan fingerprint density at radius 3 is 1.95 bits per heavy atom. The van der Waals surface area contributed by atoms with Crippen LogP contribution in [0.1, 0.15) is 52.9 Å². The molecule has 0 aromatic carbocycles. The zero-order chi connectivity index (χ0) is 13.8. The Hall–Kier alpha value is -0.570. The molecule has 0 saturated heterocycles. The van der Waals surface area contributed by atoms with Crippen LogP contribution in [-0.4, -0.2) is 18.0 Å². The fourth-order valence-electron chi connectivity index (χ4n) is 4.81. The highest BCUT2D eigenvalue weighted by Gasteiger charge is 2.49. The Morgan fingerprint density at radius 2 is 1.53 bits per heavy atom. The van der Waals surface area contributed by atoms with Gasteiger partial charge in [-0.1, -0.05) is 20.8 Å². The predicted molar refractivity (Wildman–Crippen MR) is 76.4 cm³/mol. The fourth-order valence-corrected chi connectivity index (χ4v) is 4.81. The lowest BCUT2D eigenvalue weighted by Gasteiger charge is -2.54. The number of carbonyl (C=O) groups excluding carboxylic acids is 1. The molecule has 4 rings (SSSR count). The first-order chi connectivity index (χ1) is 8.84. The van der Waals surface area contributed by atoms with Gasteiger partial charge >= 0.3 is 0 Å². The van der Waals surface area contributed by atoms with Crippen LogP contribution >= 0.6 is 0 Å². The van der Waals surface area contributed by atoms with E-state index in [1.807, 2.05) is 20.8 Å². The first-order valence-corrected chi connectivity index (χ1v) is 7.90. The van der Waals surface area contributed by atoms with Crippen LogP contribution in [-0.2, 0) is 4.79 Å². The molecule has 3 heteroatoms. The normalized spacial score (nSPS) is 42.2. The number of hydrogen-bond acceptors (Lipinski definition) is 2. The molecular weight excluding hydrogens is 236 g/mol. The molecule has 4 aliphatic rings. The molecule has 0 aliphatic heterocycles. The van der Waals surface area contributed by atoms with Crippen LogP contribution in [0.25, 0.3) is 0 Å².